The van der Waals surface area contributed by atoms with Gasteiger partial charge in [0.1, 0.15) is 9.46 Å². The highest BCUT2D eigenvalue weighted by Gasteiger charge is 2.32. The van der Waals surface area contributed by atoms with E-state index in [2.05, 4.69) is 5.32 Å². The molecule has 1 aromatic carbocycles. The van der Waals surface area contributed by atoms with E-state index in [9.17, 15) is 18.0 Å². The van der Waals surface area contributed by atoms with Crippen LogP contribution in [0.3, 0.4) is 0 Å². The summed E-state index contributed by atoms with van der Waals surface area (Å²) in [7, 11) is -3.67. The number of hydrogen-bond acceptors (Lipinski definition) is 5. The van der Waals surface area contributed by atoms with Gasteiger partial charge < -0.3 is 10.2 Å². The molecule has 1 saturated heterocycles. The van der Waals surface area contributed by atoms with E-state index in [1.165, 1.54) is 4.90 Å². The van der Waals surface area contributed by atoms with E-state index < -0.39 is 26.9 Å². The van der Waals surface area contributed by atoms with E-state index in [1.54, 1.807) is 47.8 Å². The highest BCUT2D eigenvalue weighted by molar-refractivity contribution is 7.93. The average Bonchev–Trinajstić information content (AvgIpc) is 3.35. The third-order valence-corrected chi connectivity index (χ3v) is 7.89. The minimum Gasteiger partial charge on any atom is -0.346 e. The Morgan fingerprint density at radius 1 is 1.08 bits per heavy atom. The van der Waals surface area contributed by atoms with Crippen LogP contribution in [0.4, 0.5) is 0 Å². The maximum absolute atomic E-state index is 13.0. The molecule has 0 aliphatic carbocycles. The van der Waals surface area contributed by atoms with Gasteiger partial charge in [0, 0.05) is 19.6 Å². The zero-order chi connectivity index (χ0) is 18.6. The van der Waals surface area contributed by atoms with Crippen molar-refractivity contribution in [3.63, 3.8) is 0 Å². The predicted octanol–water partition coefficient (Wildman–Crippen LogP) is 2.00. The predicted molar refractivity (Wildman–Crippen MR) is 99.5 cm³/mol. The maximum Gasteiger partial charge on any atom is 0.311 e. The van der Waals surface area contributed by atoms with Crippen LogP contribution in [0.1, 0.15) is 23.7 Å². The summed E-state index contributed by atoms with van der Waals surface area (Å²) in [5.74, 6) is -1.35. The van der Waals surface area contributed by atoms with Gasteiger partial charge in [-0.2, -0.15) is 0 Å². The molecule has 3 rings (SSSR count). The summed E-state index contributed by atoms with van der Waals surface area (Å²) in [4.78, 5) is 25.8. The highest BCUT2D eigenvalue weighted by atomic mass is 32.2. The number of carbonyl (C=O) groups excluding carboxylic acids is 2. The number of nitrogens with one attached hydrogen (secondary N) is 1. The van der Waals surface area contributed by atoms with Crippen LogP contribution in [-0.4, -0.2) is 44.8 Å². The van der Waals surface area contributed by atoms with E-state index in [4.69, 9.17) is 0 Å². The third-order valence-electron chi connectivity index (χ3n) is 4.36. The Hall–Kier alpha value is -2.19. The Morgan fingerprint density at radius 2 is 1.77 bits per heavy atom. The molecule has 0 radical (unpaired) electrons. The number of benzene rings is 1. The van der Waals surface area contributed by atoms with Gasteiger partial charge in [0.05, 0.1) is 0 Å². The molecule has 6 nitrogen and oxygen atoms in total. The van der Waals surface area contributed by atoms with Crippen LogP contribution in [0.25, 0.3) is 0 Å². The summed E-state index contributed by atoms with van der Waals surface area (Å²) in [6, 6.07) is 12.0. The SMILES string of the molecule is O=C(NC[C@@H](c1ccccc1)S(=O)(=O)c1cccs1)C(=O)N1CCCC1. The molecule has 1 aliphatic heterocycles. The summed E-state index contributed by atoms with van der Waals surface area (Å²) in [6.07, 6.45) is 1.77. The summed E-state index contributed by atoms with van der Waals surface area (Å²) in [6.45, 7) is 0.992. The summed E-state index contributed by atoms with van der Waals surface area (Å²) in [5.41, 5.74) is 0.579. The molecule has 1 aliphatic rings. The number of thiophene rings is 1. The molecule has 8 heteroatoms. The van der Waals surface area contributed by atoms with Gasteiger partial charge in [-0.1, -0.05) is 36.4 Å². The van der Waals surface area contributed by atoms with E-state index >= 15 is 0 Å². The van der Waals surface area contributed by atoms with Crippen molar-refractivity contribution in [2.75, 3.05) is 19.6 Å². The van der Waals surface area contributed by atoms with Crippen molar-refractivity contribution in [2.24, 2.45) is 0 Å². The lowest BCUT2D eigenvalue weighted by molar-refractivity contribution is -0.145. The number of amides is 2. The molecule has 0 saturated carbocycles. The highest BCUT2D eigenvalue weighted by Crippen LogP contribution is 2.31. The van der Waals surface area contributed by atoms with Crippen molar-refractivity contribution >= 4 is 33.0 Å². The lowest BCUT2D eigenvalue weighted by Gasteiger charge is -2.19. The van der Waals surface area contributed by atoms with Crippen LogP contribution < -0.4 is 5.32 Å². The second-order valence-corrected chi connectivity index (χ2v) is 9.39. The first-order valence-corrected chi connectivity index (χ1v) is 10.8. The van der Waals surface area contributed by atoms with Crippen molar-refractivity contribution in [2.45, 2.75) is 22.3 Å². The molecule has 1 aromatic heterocycles. The molecular formula is C18H20N2O4S2. The number of hydrogen-bond donors (Lipinski definition) is 1. The van der Waals surface area contributed by atoms with Crippen LogP contribution in [0.2, 0.25) is 0 Å². The van der Waals surface area contributed by atoms with Crippen LogP contribution in [0, 0.1) is 0 Å². The normalized spacial score (nSPS) is 15.6. The monoisotopic (exact) mass is 392 g/mol. The Balaban J connectivity index is 1.79. The fourth-order valence-electron chi connectivity index (χ4n) is 2.96. The van der Waals surface area contributed by atoms with Crippen LogP contribution in [0.15, 0.2) is 52.1 Å². The number of rotatable bonds is 5. The number of likely N-dealkylation sites (tertiary alicyclic amines) is 1. The first-order chi connectivity index (χ1) is 12.5. The topological polar surface area (TPSA) is 83.5 Å². The molecule has 138 valence electrons. The van der Waals surface area contributed by atoms with Gasteiger partial charge >= 0.3 is 11.8 Å². The minimum atomic E-state index is -3.67. The van der Waals surface area contributed by atoms with Crippen molar-refractivity contribution < 1.29 is 18.0 Å². The van der Waals surface area contributed by atoms with Crippen LogP contribution in [-0.2, 0) is 19.4 Å². The van der Waals surface area contributed by atoms with Gasteiger partial charge in [0.15, 0.2) is 9.84 Å². The van der Waals surface area contributed by atoms with Crippen molar-refractivity contribution in [3.8, 4) is 0 Å². The second kappa shape index (κ2) is 8.01. The number of nitrogens with zero attached hydrogens (tertiary/aromatic N) is 1. The average molecular weight is 393 g/mol. The number of sulfone groups is 1. The van der Waals surface area contributed by atoms with Gasteiger partial charge in [0.2, 0.25) is 0 Å². The standard InChI is InChI=1S/C18H20N2O4S2/c21-17(18(22)20-10-4-5-11-20)19-13-15(14-7-2-1-3-8-14)26(23,24)16-9-6-12-25-16/h1-3,6-9,12,15H,4-5,10-11,13H2,(H,19,21)/t15-/m0/s1. The van der Waals surface area contributed by atoms with Crippen molar-refractivity contribution in [1.29, 1.82) is 0 Å². The van der Waals surface area contributed by atoms with E-state index in [-0.39, 0.29) is 10.8 Å². The first-order valence-electron chi connectivity index (χ1n) is 8.39. The Morgan fingerprint density at radius 3 is 2.38 bits per heavy atom. The van der Waals surface area contributed by atoms with Crippen LogP contribution >= 0.6 is 11.3 Å². The second-order valence-electron chi connectivity index (χ2n) is 6.09. The molecule has 2 amide bonds. The molecular weight excluding hydrogens is 372 g/mol. The lowest BCUT2D eigenvalue weighted by atomic mass is 10.1. The molecule has 1 N–H and O–H groups in total. The molecule has 0 unspecified atom stereocenters. The van der Waals surface area contributed by atoms with Crippen molar-refractivity contribution in [1.82, 2.24) is 10.2 Å². The van der Waals surface area contributed by atoms with Gasteiger partial charge in [0.25, 0.3) is 0 Å². The number of carbonyl (C=O) groups is 2. The van der Waals surface area contributed by atoms with E-state index in [0.29, 0.717) is 18.7 Å². The Kier molecular flexibility index (Phi) is 5.73. The molecule has 2 heterocycles. The maximum atomic E-state index is 13.0. The molecule has 26 heavy (non-hydrogen) atoms. The third kappa shape index (κ3) is 3.96. The van der Waals surface area contributed by atoms with Crippen molar-refractivity contribution in [3.05, 3.63) is 53.4 Å². The molecule has 2 aromatic rings. The summed E-state index contributed by atoms with van der Waals surface area (Å²) in [5, 5.41) is 3.27. The lowest BCUT2D eigenvalue weighted by Crippen LogP contribution is -2.43. The molecule has 0 bridgehead atoms. The Bertz CT molecular complexity index is 858. The van der Waals surface area contributed by atoms with E-state index in [0.717, 1.165) is 24.2 Å². The zero-order valence-corrected chi connectivity index (χ0v) is 15.8. The Labute approximate surface area is 156 Å². The van der Waals surface area contributed by atoms with Gasteiger partial charge in [-0.05, 0) is 29.9 Å². The van der Waals surface area contributed by atoms with Gasteiger partial charge in [-0.25, -0.2) is 8.42 Å². The van der Waals surface area contributed by atoms with Crippen LogP contribution in [0.5, 0.6) is 0 Å². The quantitative estimate of drug-likeness (QED) is 0.789. The minimum absolute atomic E-state index is 0.150. The largest absolute Gasteiger partial charge is 0.346 e. The van der Waals surface area contributed by atoms with Gasteiger partial charge in [-0.3, -0.25) is 9.59 Å². The fraction of sp³-hybridized carbons (Fsp3) is 0.333. The van der Waals surface area contributed by atoms with E-state index in [1.807, 2.05) is 0 Å². The zero-order valence-electron chi connectivity index (χ0n) is 14.1. The smallest absolute Gasteiger partial charge is 0.311 e. The fourth-order valence-corrected chi connectivity index (χ4v) is 5.83. The molecule has 1 atom stereocenters. The summed E-state index contributed by atoms with van der Waals surface area (Å²) >= 11 is 1.14. The molecule has 0 spiro atoms. The summed E-state index contributed by atoms with van der Waals surface area (Å²) < 4.78 is 26.2. The first kappa shape index (κ1) is 18.6. The molecule has 1 fully saturated rings. The van der Waals surface area contributed by atoms with Gasteiger partial charge in [-0.15, -0.1) is 11.3 Å².